The van der Waals surface area contributed by atoms with E-state index in [-0.39, 0.29) is 0 Å². The van der Waals surface area contributed by atoms with Gasteiger partial charge in [0.15, 0.2) is 0 Å². The lowest BCUT2D eigenvalue weighted by Crippen LogP contribution is -1.97. The van der Waals surface area contributed by atoms with Gasteiger partial charge in [-0.15, -0.1) is 0 Å². The zero-order valence-electron chi connectivity index (χ0n) is 27.1. The minimum absolute atomic E-state index is 0.903. The van der Waals surface area contributed by atoms with E-state index in [0.29, 0.717) is 0 Å². The summed E-state index contributed by atoms with van der Waals surface area (Å²) in [7, 11) is 0. The summed E-state index contributed by atoms with van der Waals surface area (Å²) in [4.78, 5) is 5.01. The molecule has 2 heterocycles. The molecule has 0 radical (unpaired) electrons. The van der Waals surface area contributed by atoms with Gasteiger partial charge in [-0.25, -0.2) is 4.98 Å². The lowest BCUT2D eigenvalue weighted by molar-refractivity contribution is 0.673. The third-order valence-corrected chi connectivity index (χ3v) is 9.83. The fourth-order valence-corrected chi connectivity index (χ4v) is 7.36. The molecule has 0 amide bonds. The monoisotopic (exact) mass is 638 g/mol. The number of fused-ring (bicyclic) bond motifs is 6. The number of benzene rings is 8. The van der Waals surface area contributed by atoms with Crippen molar-refractivity contribution in [1.29, 1.82) is 0 Å². The Morgan fingerprint density at radius 2 is 0.980 bits per heavy atom. The maximum Gasteiger partial charge on any atom is 0.145 e. The molecule has 0 N–H and O–H groups in total. The Morgan fingerprint density at radius 3 is 1.74 bits per heavy atom. The summed E-state index contributed by atoms with van der Waals surface area (Å²) in [5, 5.41) is 4.57. The minimum Gasteiger partial charge on any atom is -0.455 e. The van der Waals surface area contributed by atoms with E-state index in [4.69, 9.17) is 9.40 Å². The van der Waals surface area contributed by atoms with Crippen LogP contribution < -0.4 is 0 Å². The number of furan rings is 1. The van der Waals surface area contributed by atoms with Crippen molar-refractivity contribution in [2.24, 2.45) is 0 Å². The fourth-order valence-electron chi connectivity index (χ4n) is 7.36. The molecule has 10 rings (SSSR count). The summed E-state index contributed by atoms with van der Waals surface area (Å²) in [6.45, 7) is 0. The number of hydrogen-bond acceptors (Lipinski definition) is 2. The van der Waals surface area contributed by atoms with E-state index >= 15 is 0 Å². The molecule has 8 aromatic carbocycles. The van der Waals surface area contributed by atoms with Gasteiger partial charge >= 0.3 is 0 Å². The zero-order chi connectivity index (χ0) is 33.0. The van der Waals surface area contributed by atoms with Crippen LogP contribution in [-0.4, -0.2) is 9.55 Å². The van der Waals surface area contributed by atoms with E-state index in [0.717, 1.165) is 55.4 Å². The highest BCUT2D eigenvalue weighted by Crippen LogP contribution is 2.41. The first-order valence-corrected chi connectivity index (χ1v) is 17.0. The Balaban J connectivity index is 1.04. The molecule has 0 atom stereocenters. The Morgan fingerprint density at radius 1 is 0.400 bits per heavy atom. The van der Waals surface area contributed by atoms with Crippen LogP contribution in [0.25, 0.3) is 94.2 Å². The largest absolute Gasteiger partial charge is 0.455 e. The van der Waals surface area contributed by atoms with Crippen LogP contribution in [0.5, 0.6) is 0 Å². The van der Waals surface area contributed by atoms with Gasteiger partial charge in [-0.3, -0.25) is 4.57 Å². The lowest BCUT2D eigenvalue weighted by Gasteiger charge is -2.12. The first kappa shape index (κ1) is 28.3. The number of aromatic nitrogens is 2. The molecule has 234 valence electrons. The summed E-state index contributed by atoms with van der Waals surface area (Å²) in [5.74, 6) is 0.940. The van der Waals surface area contributed by atoms with Crippen LogP contribution in [0.4, 0.5) is 0 Å². The van der Waals surface area contributed by atoms with Gasteiger partial charge in [0.05, 0.1) is 11.0 Å². The Kier molecular flexibility index (Phi) is 6.49. The summed E-state index contributed by atoms with van der Waals surface area (Å²) < 4.78 is 8.76. The lowest BCUT2D eigenvalue weighted by atomic mass is 9.93. The standard InChI is InChI=1S/C47H30N2O/c1-3-11-31(12-4-1)36-25-28-45-41(29-36)42-30-40(38-15-7-8-16-39(38)46(42)50-45)34-21-19-32(20-22-34)33-23-26-37(27-24-33)49-44-18-10-9-17-43(44)48-47(49)35-13-5-2-6-14-35/h1-30H. The van der Waals surface area contributed by atoms with Crippen molar-refractivity contribution in [2.75, 3.05) is 0 Å². The minimum atomic E-state index is 0.903. The molecule has 10 aromatic rings. The highest BCUT2D eigenvalue weighted by Gasteiger charge is 2.17. The molecule has 0 spiro atoms. The van der Waals surface area contributed by atoms with Crippen molar-refractivity contribution in [2.45, 2.75) is 0 Å². The molecule has 0 saturated carbocycles. The van der Waals surface area contributed by atoms with Crippen molar-refractivity contribution < 1.29 is 4.42 Å². The second kappa shape index (κ2) is 11.5. The second-order valence-corrected chi connectivity index (χ2v) is 12.8. The van der Waals surface area contributed by atoms with Crippen molar-refractivity contribution in [1.82, 2.24) is 9.55 Å². The van der Waals surface area contributed by atoms with Gasteiger partial charge < -0.3 is 4.42 Å². The third kappa shape index (κ3) is 4.63. The first-order chi connectivity index (χ1) is 24.8. The average molecular weight is 639 g/mol. The molecule has 0 unspecified atom stereocenters. The van der Waals surface area contributed by atoms with Crippen LogP contribution in [0.3, 0.4) is 0 Å². The zero-order valence-corrected chi connectivity index (χ0v) is 27.1. The van der Waals surface area contributed by atoms with Crippen molar-refractivity contribution in [3.63, 3.8) is 0 Å². The number of nitrogens with zero attached hydrogens (tertiary/aromatic N) is 2. The van der Waals surface area contributed by atoms with Gasteiger partial charge in [0.2, 0.25) is 0 Å². The topological polar surface area (TPSA) is 31.0 Å². The van der Waals surface area contributed by atoms with E-state index in [2.05, 4.69) is 174 Å². The molecule has 50 heavy (non-hydrogen) atoms. The maximum absolute atomic E-state index is 6.51. The fraction of sp³-hybridized carbons (Fsp3) is 0. The third-order valence-electron chi connectivity index (χ3n) is 9.83. The normalized spacial score (nSPS) is 11.6. The van der Waals surface area contributed by atoms with E-state index in [1.165, 1.54) is 38.8 Å². The molecule has 3 heteroatoms. The van der Waals surface area contributed by atoms with Crippen LogP contribution in [-0.2, 0) is 0 Å². The van der Waals surface area contributed by atoms with Gasteiger partial charge in [-0.05, 0) is 81.2 Å². The Hall–Kier alpha value is -6.71. The predicted molar refractivity (Wildman–Crippen MR) is 208 cm³/mol. The molecule has 0 aliphatic carbocycles. The van der Waals surface area contributed by atoms with Crippen molar-refractivity contribution in [3.8, 4) is 50.5 Å². The average Bonchev–Trinajstić information content (AvgIpc) is 3.77. The highest BCUT2D eigenvalue weighted by molar-refractivity contribution is 6.19. The van der Waals surface area contributed by atoms with E-state index < -0.39 is 0 Å². The highest BCUT2D eigenvalue weighted by atomic mass is 16.3. The molecule has 0 aliphatic rings. The molecule has 0 bridgehead atoms. The summed E-state index contributed by atoms with van der Waals surface area (Å²) >= 11 is 0. The number of para-hydroxylation sites is 2. The SMILES string of the molecule is c1ccc(-c2ccc3oc4c5ccccc5c(-c5ccc(-c6ccc(-n7c(-c8ccccc8)nc8ccccc87)cc6)cc5)cc4c3c2)cc1. The van der Waals surface area contributed by atoms with E-state index in [1.54, 1.807) is 0 Å². The first-order valence-electron chi connectivity index (χ1n) is 17.0. The second-order valence-electron chi connectivity index (χ2n) is 12.8. The molecular weight excluding hydrogens is 609 g/mol. The van der Waals surface area contributed by atoms with Crippen LogP contribution >= 0.6 is 0 Å². The molecule has 3 nitrogen and oxygen atoms in total. The van der Waals surface area contributed by atoms with E-state index in [9.17, 15) is 0 Å². The van der Waals surface area contributed by atoms with Crippen molar-refractivity contribution >= 4 is 43.7 Å². The summed E-state index contributed by atoms with van der Waals surface area (Å²) in [6.07, 6.45) is 0. The maximum atomic E-state index is 6.51. The molecule has 0 aliphatic heterocycles. The van der Waals surface area contributed by atoms with Crippen LogP contribution in [0.2, 0.25) is 0 Å². The predicted octanol–water partition coefficient (Wildman–Crippen LogP) is 12.7. The van der Waals surface area contributed by atoms with Gasteiger partial charge in [0.25, 0.3) is 0 Å². The van der Waals surface area contributed by atoms with Gasteiger partial charge in [0.1, 0.15) is 17.0 Å². The summed E-state index contributed by atoms with van der Waals surface area (Å²) in [6, 6.07) is 64.4. The molecular formula is C47H30N2O. The number of imidazole rings is 1. The summed E-state index contributed by atoms with van der Waals surface area (Å²) in [5.41, 5.74) is 13.2. The molecule has 2 aromatic heterocycles. The van der Waals surface area contributed by atoms with Crippen LogP contribution in [0, 0.1) is 0 Å². The molecule has 0 fully saturated rings. The molecule has 0 saturated heterocycles. The van der Waals surface area contributed by atoms with E-state index in [1.807, 2.05) is 12.1 Å². The van der Waals surface area contributed by atoms with Gasteiger partial charge in [-0.2, -0.15) is 0 Å². The van der Waals surface area contributed by atoms with Gasteiger partial charge in [0, 0.05) is 27.4 Å². The van der Waals surface area contributed by atoms with Gasteiger partial charge in [-0.1, -0.05) is 140 Å². The Labute approximate surface area is 289 Å². The van der Waals surface area contributed by atoms with Crippen molar-refractivity contribution in [3.05, 3.63) is 182 Å². The Bertz CT molecular complexity index is 2830. The van der Waals surface area contributed by atoms with Crippen LogP contribution in [0.15, 0.2) is 186 Å². The number of hydrogen-bond donors (Lipinski definition) is 0. The quantitative estimate of drug-likeness (QED) is 0.188. The van der Waals surface area contributed by atoms with Crippen LogP contribution in [0.1, 0.15) is 0 Å². The number of rotatable bonds is 5. The smallest absolute Gasteiger partial charge is 0.145 e.